The first-order chi connectivity index (χ1) is 16.3. The third kappa shape index (κ3) is 5.22. The predicted molar refractivity (Wildman–Crippen MR) is 127 cm³/mol. The van der Waals surface area contributed by atoms with Gasteiger partial charge >= 0.3 is 0 Å². The van der Waals surface area contributed by atoms with Gasteiger partial charge in [-0.05, 0) is 69.0 Å². The zero-order valence-electron chi connectivity index (χ0n) is 19.8. The molecule has 2 aromatic carbocycles. The fourth-order valence-electron chi connectivity index (χ4n) is 4.14. The van der Waals surface area contributed by atoms with Gasteiger partial charge in [-0.15, -0.1) is 0 Å². The SMILES string of the molecule is Cc1ccc(C)c(OCC(=O)c2ccc3c(c2)N([C@H](C)C(=O)NC[C@@H]2CCCO2)C(=O)CO3)c1. The summed E-state index contributed by atoms with van der Waals surface area (Å²) in [6.07, 6.45) is 1.89. The molecule has 0 unspecified atom stereocenters. The van der Waals surface area contributed by atoms with E-state index in [0.29, 0.717) is 35.9 Å². The lowest BCUT2D eigenvalue weighted by molar-refractivity contribution is -0.127. The van der Waals surface area contributed by atoms with Gasteiger partial charge in [-0.2, -0.15) is 0 Å². The van der Waals surface area contributed by atoms with Gasteiger partial charge in [0.05, 0.1) is 11.8 Å². The zero-order chi connectivity index (χ0) is 24.2. The Morgan fingerprint density at radius 1 is 1.21 bits per heavy atom. The summed E-state index contributed by atoms with van der Waals surface area (Å²) in [5.74, 6) is 0.237. The summed E-state index contributed by atoms with van der Waals surface area (Å²) in [6.45, 7) is 6.34. The lowest BCUT2D eigenvalue weighted by Crippen LogP contribution is -2.52. The van der Waals surface area contributed by atoms with E-state index in [1.54, 1.807) is 25.1 Å². The van der Waals surface area contributed by atoms with E-state index in [9.17, 15) is 14.4 Å². The van der Waals surface area contributed by atoms with Crippen LogP contribution in [0.3, 0.4) is 0 Å². The molecule has 0 bridgehead atoms. The highest BCUT2D eigenvalue weighted by atomic mass is 16.5. The van der Waals surface area contributed by atoms with Crippen LogP contribution in [-0.2, 0) is 14.3 Å². The van der Waals surface area contributed by atoms with Gasteiger partial charge in [0.15, 0.2) is 19.0 Å². The molecule has 0 aliphatic carbocycles. The molecule has 1 fully saturated rings. The molecule has 34 heavy (non-hydrogen) atoms. The third-order valence-electron chi connectivity index (χ3n) is 6.16. The van der Waals surface area contributed by atoms with Gasteiger partial charge in [-0.1, -0.05) is 12.1 Å². The van der Waals surface area contributed by atoms with Crippen molar-refractivity contribution in [2.45, 2.75) is 45.8 Å². The molecule has 2 heterocycles. The minimum atomic E-state index is -0.770. The number of benzene rings is 2. The van der Waals surface area contributed by atoms with Crippen LogP contribution in [0.25, 0.3) is 0 Å². The van der Waals surface area contributed by atoms with Crippen LogP contribution in [0.5, 0.6) is 11.5 Å². The molecular formula is C26H30N2O6. The monoisotopic (exact) mass is 466 g/mol. The molecule has 2 aliphatic heterocycles. The first kappa shape index (κ1) is 23.8. The van der Waals surface area contributed by atoms with Crippen molar-refractivity contribution < 1.29 is 28.6 Å². The van der Waals surface area contributed by atoms with Crippen molar-refractivity contribution in [2.24, 2.45) is 0 Å². The summed E-state index contributed by atoms with van der Waals surface area (Å²) < 4.78 is 16.9. The molecule has 1 N–H and O–H groups in total. The summed E-state index contributed by atoms with van der Waals surface area (Å²) >= 11 is 0. The number of amides is 2. The molecule has 0 saturated carbocycles. The van der Waals surface area contributed by atoms with Crippen molar-refractivity contribution in [3.05, 3.63) is 53.1 Å². The van der Waals surface area contributed by atoms with Crippen LogP contribution >= 0.6 is 0 Å². The number of Topliss-reactive ketones (excluding diaryl/α,β-unsaturated/α-hetero) is 1. The average Bonchev–Trinajstić information content (AvgIpc) is 3.35. The Bertz CT molecular complexity index is 1090. The van der Waals surface area contributed by atoms with Gasteiger partial charge in [0.1, 0.15) is 17.5 Å². The second-order valence-electron chi connectivity index (χ2n) is 8.77. The van der Waals surface area contributed by atoms with E-state index >= 15 is 0 Å². The average molecular weight is 467 g/mol. The smallest absolute Gasteiger partial charge is 0.265 e. The highest BCUT2D eigenvalue weighted by molar-refractivity contribution is 6.05. The predicted octanol–water partition coefficient (Wildman–Crippen LogP) is 2.97. The maximum atomic E-state index is 12.9. The molecule has 8 nitrogen and oxygen atoms in total. The van der Waals surface area contributed by atoms with Crippen LogP contribution in [0.4, 0.5) is 5.69 Å². The van der Waals surface area contributed by atoms with Crippen molar-refractivity contribution in [1.29, 1.82) is 0 Å². The lowest BCUT2D eigenvalue weighted by Gasteiger charge is -2.33. The van der Waals surface area contributed by atoms with Crippen molar-refractivity contribution in [1.82, 2.24) is 5.32 Å². The quantitative estimate of drug-likeness (QED) is 0.601. The maximum Gasteiger partial charge on any atom is 0.265 e. The number of fused-ring (bicyclic) bond motifs is 1. The molecule has 2 aliphatic rings. The molecule has 2 atom stereocenters. The van der Waals surface area contributed by atoms with E-state index < -0.39 is 6.04 Å². The number of carbonyl (C=O) groups is 3. The van der Waals surface area contributed by atoms with Gasteiger partial charge < -0.3 is 19.5 Å². The van der Waals surface area contributed by atoms with Crippen molar-refractivity contribution in [2.75, 3.05) is 31.3 Å². The molecule has 2 aromatic rings. The number of nitrogens with zero attached hydrogens (tertiary/aromatic N) is 1. The molecule has 2 amide bonds. The van der Waals surface area contributed by atoms with E-state index in [-0.39, 0.29) is 36.9 Å². The van der Waals surface area contributed by atoms with Crippen LogP contribution in [0.15, 0.2) is 36.4 Å². The standard InChI is InChI=1S/C26H30N2O6/c1-16-6-7-17(2)24(11-16)33-14-22(29)19-8-9-23-21(12-19)28(25(30)15-34-23)18(3)26(31)27-13-20-5-4-10-32-20/h6-9,11-12,18,20H,4-5,10,13-15H2,1-3H3,(H,27,31)/t18-,20+/m1/s1. The third-order valence-corrected chi connectivity index (χ3v) is 6.16. The van der Waals surface area contributed by atoms with Gasteiger partial charge in [0.2, 0.25) is 5.91 Å². The van der Waals surface area contributed by atoms with Crippen LogP contribution in [0.1, 0.15) is 41.3 Å². The molecule has 1 saturated heterocycles. The van der Waals surface area contributed by atoms with Gasteiger partial charge in [-0.25, -0.2) is 0 Å². The maximum absolute atomic E-state index is 12.9. The van der Waals surface area contributed by atoms with E-state index in [1.807, 2.05) is 32.0 Å². The number of hydrogen-bond donors (Lipinski definition) is 1. The highest BCUT2D eigenvalue weighted by Crippen LogP contribution is 2.34. The fraction of sp³-hybridized carbons (Fsp3) is 0.423. The Morgan fingerprint density at radius 3 is 2.79 bits per heavy atom. The number of carbonyl (C=O) groups excluding carboxylic acids is 3. The normalized spacial score (nSPS) is 18.1. The second kappa shape index (κ2) is 10.3. The first-order valence-corrected chi connectivity index (χ1v) is 11.5. The van der Waals surface area contributed by atoms with E-state index in [0.717, 1.165) is 24.0 Å². The number of nitrogens with one attached hydrogen (secondary N) is 1. The van der Waals surface area contributed by atoms with Crippen LogP contribution < -0.4 is 19.7 Å². The summed E-state index contributed by atoms with van der Waals surface area (Å²) in [4.78, 5) is 39.8. The Kier molecular flexibility index (Phi) is 7.17. The number of ketones is 1. The molecule has 0 aromatic heterocycles. The van der Waals surface area contributed by atoms with Gasteiger partial charge in [0, 0.05) is 18.7 Å². The summed E-state index contributed by atoms with van der Waals surface area (Å²) in [6, 6.07) is 9.93. The van der Waals surface area contributed by atoms with Crippen LogP contribution in [0.2, 0.25) is 0 Å². The Morgan fingerprint density at radius 2 is 2.03 bits per heavy atom. The van der Waals surface area contributed by atoms with Crippen molar-refractivity contribution in [3.8, 4) is 11.5 Å². The molecule has 180 valence electrons. The minimum absolute atomic E-state index is 0.00471. The highest BCUT2D eigenvalue weighted by Gasteiger charge is 2.34. The molecular weight excluding hydrogens is 436 g/mol. The van der Waals surface area contributed by atoms with Gasteiger partial charge in [-0.3, -0.25) is 19.3 Å². The number of hydrogen-bond acceptors (Lipinski definition) is 6. The number of rotatable bonds is 8. The largest absolute Gasteiger partial charge is 0.485 e. The summed E-state index contributed by atoms with van der Waals surface area (Å²) in [7, 11) is 0. The first-order valence-electron chi connectivity index (χ1n) is 11.5. The second-order valence-corrected chi connectivity index (χ2v) is 8.77. The van der Waals surface area contributed by atoms with E-state index in [2.05, 4.69) is 5.32 Å². The molecule has 0 radical (unpaired) electrons. The zero-order valence-corrected chi connectivity index (χ0v) is 19.8. The minimum Gasteiger partial charge on any atom is -0.485 e. The van der Waals surface area contributed by atoms with Crippen molar-refractivity contribution >= 4 is 23.3 Å². The Hall–Kier alpha value is -3.39. The van der Waals surface area contributed by atoms with E-state index in [4.69, 9.17) is 14.2 Å². The molecule has 4 rings (SSSR count). The lowest BCUT2D eigenvalue weighted by atomic mass is 10.1. The Labute approximate surface area is 199 Å². The number of anilines is 1. The van der Waals surface area contributed by atoms with Gasteiger partial charge in [0.25, 0.3) is 5.91 Å². The number of ether oxygens (including phenoxy) is 3. The summed E-state index contributed by atoms with van der Waals surface area (Å²) in [5.41, 5.74) is 2.75. The number of aryl methyl sites for hydroxylation is 2. The van der Waals surface area contributed by atoms with E-state index in [1.165, 1.54) is 4.90 Å². The molecule has 8 heteroatoms. The molecule has 0 spiro atoms. The Balaban J connectivity index is 1.48. The van der Waals surface area contributed by atoms with Crippen LogP contribution in [0, 0.1) is 13.8 Å². The van der Waals surface area contributed by atoms with Crippen LogP contribution in [-0.4, -0.2) is 56.1 Å². The summed E-state index contributed by atoms with van der Waals surface area (Å²) in [5, 5.41) is 2.87. The fourth-order valence-corrected chi connectivity index (χ4v) is 4.14. The van der Waals surface area contributed by atoms with Crippen molar-refractivity contribution in [3.63, 3.8) is 0 Å². The topological polar surface area (TPSA) is 94.2 Å².